The third-order valence-electron chi connectivity index (χ3n) is 4.39. The van der Waals surface area contributed by atoms with Gasteiger partial charge in [0.2, 0.25) is 0 Å². The molecule has 1 aromatic heterocycles. The number of hydrogen-bond acceptors (Lipinski definition) is 4. The normalized spacial score (nSPS) is 19.8. The molecule has 1 aliphatic rings. The Morgan fingerprint density at radius 1 is 1.50 bits per heavy atom. The van der Waals surface area contributed by atoms with Crippen LogP contribution in [0.25, 0.3) is 10.9 Å². The molecule has 1 aliphatic heterocycles. The minimum atomic E-state index is 0.641. The van der Waals surface area contributed by atoms with E-state index < -0.39 is 0 Å². The van der Waals surface area contributed by atoms with Crippen molar-refractivity contribution in [2.45, 2.75) is 25.8 Å². The topological polar surface area (TPSA) is 61.2 Å². The molecule has 1 saturated heterocycles. The van der Waals surface area contributed by atoms with Crippen molar-refractivity contribution in [3.63, 3.8) is 0 Å². The molecule has 0 saturated carbocycles. The molecular weight excluding hydrogens is 250 g/mol. The van der Waals surface area contributed by atoms with E-state index in [1.165, 1.54) is 19.4 Å². The molecular formula is C15H23N5. The van der Waals surface area contributed by atoms with Gasteiger partial charge >= 0.3 is 0 Å². The average molecular weight is 273 g/mol. The number of nitrogens with one attached hydrogen (secondary N) is 1. The van der Waals surface area contributed by atoms with Gasteiger partial charge in [-0.15, -0.1) is 0 Å². The highest BCUT2D eigenvalue weighted by atomic mass is 15.2. The molecule has 108 valence electrons. The Morgan fingerprint density at radius 3 is 3.15 bits per heavy atom. The van der Waals surface area contributed by atoms with E-state index in [0.717, 1.165) is 35.4 Å². The van der Waals surface area contributed by atoms with E-state index in [2.05, 4.69) is 40.0 Å². The maximum absolute atomic E-state index is 6.19. The summed E-state index contributed by atoms with van der Waals surface area (Å²) in [5, 5.41) is 8.14. The molecule has 3 rings (SSSR count). The predicted molar refractivity (Wildman–Crippen MR) is 84.0 cm³/mol. The van der Waals surface area contributed by atoms with Crippen LogP contribution in [0.1, 0.15) is 19.8 Å². The highest BCUT2D eigenvalue weighted by molar-refractivity contribution is 5.88. The molecule has 0 bridgehead atoms. The van der Waals surface area contributed by atoms with Gasteiger partial charge in [-0.3, -0.25) is 10.00 Å². The van der Waals surface area contributed by atoms with Gasteiger partial charge in [-0.25, -0.2) is 0 Å². The highest BCUT2D eigenvalue weighted by Gasteiger charge is 2.24. The van der Waals surface area contributed by atoms with E-state index in [0.29, 0.717) is 6.04 Å². The molecule has 20 heavy (non-hydrogen) atoms. The van der Waals surface area contributed by atoms with Gasteiger partial charge in [-0.05, 0) is 38.1 Å². The largest absolute Gasteiger partial charge is 0.397 e. The molecule has 2 aromatic rings. The lowest BCUT2D eigenvalue weighted by atomic mass is 10.1. The summed E-state index contributed by atoms with van der Waals surface area (Å²) in [5.74, 6) is 0. The number of benzene rings is 1. The van der Waals surface area contributed by atoms with Crippen LogP contribution in [0.2, 0.25) is 0 Å². The summed E-state index contributed by atoms with van der Waals surface area (Å²) in [6.45, 7) is 5.62. The molecule has 2 heterocycles. The minimum absolute atomic E-state index is 0.641. The number of nitrogens with zero attached hydrogens (tertiary/aromatic N) is 3. The van der Waals surface area contributed by atoms with Gasteiger partial charge < -0.3 is 10.6 Å². The van der Waals surface area contributed by atoms with Crippen molar-refractivity contribution in [1.82, 2.24) is 15.1 Å². The molecule has 5 heteroatoms. The van der Waals surface area contributed by atoms with Gasteiger partial charge in [0.05, 0.1) is 23.1 Å². The number of likely N-dealkylation sites (N-methyl/N-ethyl adjacent to an activating group) is 2. The Morgan fingerprint density at radius 2 is 2.35 bits per heavy atom. The number of nitrogen functional groups attached to an aromatic ring is 1. The number of anilines is 2. The third kappa shape index (κ3) is 2.33. The lowest BCUT2D eigenvalue weighted by Gasteiger charge is -2.29. The van der Waals surface area contributed by atoms with Crippen molar-refractivity contribution in [2.24, 2.45) is 0 Å². The summed E-state index contributed by atoms with van der Waals surface area (Å²) in [6.07, 6.45) is 4.40. The van der Waals surface area contributed by atoms with Crippen LogP contribution in [0.5, 0.6) is 0 Å². The Bertz CT molecular complexity index is 591. The third-order valence-corrected chi connectivity index (χ3v) is 4.39. The van der Waals surface area contributed by atoms with Crippen LogP contribution in [0.15, 0.2) is 18.3 Å². The van der Waals surface area contributed by atoms with Crippen LogP contribution < -0.4 is 10.6 Å². The lowest BCUT2D eigenvalue weighted by molar-refractivity contribution is 0.270. The van der Waals surface area contributed by atoms with Gasteiger partial charge in [0, 0.05) is 25.0 Å². The fraction of sp³-hybridized carbons (Fsp3) is 0.533. The fourth-order valence-corrected chi connectivity index (χ4v) is 3.26. The number of aromatic nitrogens is 2. The molecule has 5 nitrogen and oxygen atoms in total. The highest BCUT2D eigenvalue weighted by Crippen LogP contribution is 2.28. The first-order chi connectivity index (χ1) is 9.69. The quantitative estimate of drug-likeness (QED) is 0.837. The lowest BCUT2D eigenvalue weighted by Crippen LogP contribution is -2.38. The Labute approximate surface area is 119 Å². The van der Waals surface area contributed by atoms with Crippen LogP contribution in [-0.2, 0) is 0 Å². The zero-order chi connectivity index (χ0) is 14.1. The Balaban J connectivity index is 1.81. The fourth-order valence-electron chi connectivity index (χ4n) is 3.26. The molecule has 1 aromatic carbocycles. The summed E-state index contributed by atoms with van der Waals surface area (Å²) in [5.41, 5.74) is 9.14. The molecule has 3 N–H and O–H groups in total. The van der Waals surface area contributed by atoms with E-state index in [-0.39, 0.29) is 0 Å². The van der Waals surface area contributed by atoms with E-state index in [1.54, 1.807) is 0 Å². The maximum Gasteiger partial charge on any atom is 0.0672 e. The van der Waals surface area contributed by atoms with Crippen molar-refractivity contribution >= 4 is 22.3 Å². The van der Waals surface area contributed by atoms with Gasteiger partial charge in [-0.2, -0.15) is 5.10 Å². The van der Waals surface area contributed by atoms with Gasteiger partial charge in [0.1, 0.15) is 0 Å². The van der Waals surface area contributed by atoms with E-state index in [4.69, 9.17) is 5.73 Å². The second kappa shape index (κ2) is 5.32. The van der Waals surface area contributed by atoms with E-state index in [1.807, 2.05) is 12.3 Å². The Hall–Kier alpha value is -1.75. The minimum Gasteiger partial charge on any atom is -0.397 e. The first-order valence-corrected chi connectivity index (χ1v) is 7.37. The molecule has 0 radical (unpaired) electrons. The van der Waals surface area contributed by atoms with Crippen molar-refractivity contribution < 1.29 is 0 Å². The maximum atomic E-state index is 6.19. The van der Waals surface area contributed by atoms with Crippen LogP contribution in [0.4, 0.5) is 11.4 Å². The molecule has 1 unspecified atom stereocenters. The van der Waals surface area contributed by atoms with Crippen molar-refractivity contribution in [3.05, 3.63) is 18.3 Å². The van der Waals surface area contributed by atoms with Gasteiger partial charge in [0.15, 0.2) is 0 Å². The number of likely N-dealkylation sites (tertiary alicyclic amines) is 1. The molecule has 0 aliphatic carbocycles. The van der Waals surface area contributed by atoms with Crippen LogP contribution in [0, 0.1) is 0 Å². The summed E-state index contributed by atoms with van der Waals surface area (Å²) >= 11 is 0. The number of rotatable bonds is 4. The van der Waals surface area contributed by atoms with Crippen LogP contribution in [-0.4, -0.2) is 47.8 Å². The predicted octanol–water partition coefficient (Wildman–Crippen LogP) is 2.07. The molecule has 1 atom stereocenters. The second-order valence-electron chi connectivity index (χ2n) is 5.67. The molecule has 0 spiro atoms. The number of H-pyrrole nitrogens is 1. The summed E-state index contributed by atoms with van der Waals surface area (Å²) in [4.78, 5) is 4.83. The first kappa shape index (κ1) is 13.2. The molecule has 1 fully saturated rings. The van der Waals surface area contributed by atoms with Crippen LogP contribution in [0.3, 0.4) is 0 Å². The molecule has 0 amide bonds. The van der Waals surface area contributed by atoms with Crippen molar-refractivity contribution in [1.29, 1.82) is 0 Å². The van der Waals surface area contributed by atoms with E-state index >= 15 is 0 Å². The SMILES string of the molecule is CCN1CCCC1CN(C)c1cc2[nH]ncc2cc1N. The standard InChI is InChI=1S/C15H23N5/c1-3-20-6-4-5-12(20)10-19(2)15-8-14-11(7-13(15)16)9-17-18-14/h7-9,12H,3-6,10,16H2,1-2H3,(H,17,18). The smallest absolute Gasteiger partial charge is 0.0672 e. The van der Waals surface area contributed by atoms with Crippen LogP contribution >= 0.6 is 0 Å². The average Bonchev–Trinajstić information content (AvgIpc) is 3.05. The number of nitrogens with two attached hydrogens (primary N) is 1. The number of aromatic amines is 1. The monoisotopic (exact) mass is 273 g/mol. The summed E-state index contributed by atoms with van der Waals surface area (Å²) in [6, 6.07) is 4.74. The van der Waals surface area contributed by atoms with Gasteiger partial charge in [-0.1, -0.05) is 6.92 Å². The second-order valence-corrected chi connectivity index (χ2v) is 5.67. The number of hydrogen-bond donors (Lipinski definition) is 2. The van der Waals surface area contributed by atoms with Crippen molar-refractivity contribution in [2.75, 3.05) is 37.3 Å². The summed E-state index contributed by atoms with van der Waals surface area (Å²) in [7, 11) is 2.13. The first-order valence-electron chi connectivity index (χ1n) is 7.37. The van der Waals surface area contributed by atoms with Crippen molar-refractivity contribution in [3.8, 4) is 0 Å². The van der Waals surface area contributed by atoms with Gasteiger partial charge in [0.25, 0.3) is 0 Å². The van der Waals surface area contributed by atoms with E-state index in [9.17, 15) is 0 Å². The number of fused-ring (bicyclic) bond motifs is 1. The zero-order valence-electron chi connectivity index (χ0n) is 12.3. The Kier molecular flexibility index (Phi) is 3.53. The summed E-state index contributed by atoms with van der Waals surface area (Å²) < 4.78 is 0. The zero-order valence-corrected chi connectivity index (χ0v) is 12.3.